The molecule has 1 heterocycles. The third-order valence-corrected chi connectivity index (χ3v) is 3.14. The summed E-state index contributed by atoms with van der Waals surface area (Å²) >= 11 is 0. The Kier molecular flexibility index (Phi) is 4.72. The molecule has 0 bridgehead atoms. The minimum Gasteiger partial charge on any atom is -0.487 e. The molecule has 0 radical (unpaired) electrons. The monoisotopic (exact) mass is 311 g/mol. The van der Waals surface area contributed by atoms with E-state index in [0.717, 1.165) is 5.57 Å². The first-order valence-corrected chi connectivity index (χ1v) is 6.85. The smallest absolute Gasteiger partial charge is 0.357 e. The van der Waals surface area contributed by atoms with E-state index in [0.29, 0.717) is 18.0 Å². The highest BCUT2D eigenvalue weighted by atomic mass is 16.5. The molecule has 0 amide bonds. The average Bonchev–Trinajstić information content (AvgIpc) is 2.88. The van der Waals surface area contributed by atoms with Gasteiger partial charge in [0, 0.05) is 6.20 Å². The number of hydrogen-bond donors (Lipinski definition) is 1. The SMILES string of the molecule is C=C(C)COc1ccccc1-n1cc(C#N)c(N)c1C(=O)OC. The predicted octanol–water partition coefficient (Wildman–Crippen LogP) is 2.67. The first-order chi connectivity index (χ1) is 11.0. The van der Waals surface area contributed by atoms with Crippen LogP contribution in [0.1, 0.15) is 23.0 Å². The molecule has 0 saturated carbocycles. The Morgan fingerprint density at radius 2 is 2.13 bits per heavy atom. The van der Waals surface area contributed by atoms with Gasteiger partial charge in [-0.1, -0.05) is 18.7 Å². The van der Waals surface area contributed by atoms with E-state index in [2.05, 4.69) is 6.58 Å². The van der Waals surface area contributed by atoms with Crippen molar-refractivity contribution < 1.29 is 14.3 Å². The first kappa shape index (κ1) is 16.2. The second-order valence-electron chi connectivity index (χ2n) is 4.99. The van der Waals surface area contributed by atoms with Crippen molar-refractivity contribution in [3.05, 3.63) is 53.9 Å². The number of nitrogens with two attached hydrogens (primary N) is 1. The lowest BCUT2D eigenvalue weighted by Gasteiger charge is -2.14. The summed E-state index contributed by atoms with van der Waals surface area (Å²) in [5, 5.41) is 9.16. The molecule has 1 aromatic heterocycles. The van der Waals surface area contributed by atoms with Crippen LogP contribution in [0.2, 0.25) is 0 Å². The summed E-state index contributed by atoms with van der Waals surface area (Å²) in [7, 11) is 1.26. The van der Waals surface area contributed by atoms with Crippen molar-refractivity contribution >= 4 is 11.7 Å². The summed E-state index contributed by atoms with van der Waals surface area (Å²) in [6.07, 6.45) is 1.49. The fourth-order valence-corrected chi connectivity index (χ4v) is 2.08. The fraction of sp³-hybridized carbons (Fsp3) is 0.176. The zero-order valence-electron chi connectivity index (χ0n) is 13.0. The molecule has 0 fully saturated rings. The first-order valence-electron chi connectivity index (χ1n) is 6.85. The molecule has 2 rings (SSSR count). The summed E-state index contributed by atoms with van der Waals surface area (Å²) in [6, 6.07) is 9.11. The van der Waals surface area contributed by atoms with Crippen LogP contribution in [-0.4, -0.2) is 24.3 Å². The lowest BCUT2D eigenvalue weighted by molar-refractivity contribution is 0.0593. The van der Waals surface area contributed by atoms with Crippen LogP contribution in [0.4, 0.5) is 5.69 Å². The third kappa shape index (κ3) is 3.19. The zero-order chi connectivity index (χ0) is 17.0. The van der Waals surface area contributed by atoms with Crippen molar-refractivity contribution in [2.24, 2.45) is 0 Å². The maximum Gasteiger partial charge on any atom is 0.357 e. The fourth-order valence-electron chi connectivity index (χ4n) is 2.08. The number of ether oxygens (including phenoxy) is 2. The van der Waals surface area contributed by atoms with E-state index in [1.807, 2.05) is 19.1 Å². The second kappa shape index (κ2) is 6.71. The quantitative estimate of drug-likeness (QED) is 0.677. The van der Waals surface area contributed by atoms with Crippen molar-refractivity contribution in [2.45, 2.75) is 6.92 Å². The summed E-state index contributed by atoms with van der Waals surface area (Å²) < 4.78 is 12.0. The molecule has 1 aromatic carbocycles. The summed E-state index contributed by atoms with van der Waals surface area (Å²) in [6.45, 7) is 5.98. The maximum absolute atomic E-state index is 12.0. The largest absolute Gasteiger partial charge is 0.487 e. The number of carbonyl (C=O) groups is 1. The van der Waals surface area contributed by atoms with Gasteiger partial charge in [-0.05, 0) is 24.6 Å². The summed E-state index contributed by atoms with van der Waals surface area (Å²) in [5.74, 6) is -0.0844. The van der Waals surface area contributed by atoms with Gasteiger partial charge in [-0.25, -0.2) is 4.79 Å². The molecule has 0 spiro atoms. The van der Waals surface area contributed by atoms with E-state index in [1.165, 1.54) is 17.9 Å². The van der Waals surface area contributed by atoms with Crippen LogP contribution in [0.3, 0.4) is 0 Å². The molecule has 2 aromatic rings. The van der Waals surface area contributed by atoms with Crippen LogP contribution in [0.5, 0.6) is 5.75 Å². The van der Waals surface area contributed by atoms with E-state index in [1.54, 1.807) is 18.2 Å². The highest BCUT2D eigenvalue weighted by Crippen LogP contribution is 2.30. The summed E-state index contributed by atoms with van der Waals surface area (Å²) in [5.41, 5.74) is 7.71. The Labute approximate surface area is 134 Å². The van der Waals surface area contributed by atoms with Gasteiger partial charge in [-0.3, -0.25) is 0 Å². The predicted molar refractivity (Wildman–Crippen MR) is 86.5 cm³/mol. The highest BCUT2D eigenvalue weighted by Gasteiger charge is 2.23. The van der Waals surface area contributed by atoms with E-state index in [9.17, 15) is 4.79 Å². The Hall–Kier alpha value is -3.20. The lowest BCUT2D eigenvalue weighted by atomic mass is 10.2. The van der Waals surface area contributed by atoms with Gasteiger partial charge in [0.25, 0.3) is 0 Å². The number of methoxy groups -OCH3 is 1. The standard InChI is InChI=1S/C17H17N3O3/c1-11(2)10-23-14-7-5-4-6-13(14)20-9-12(8-18)15(19)16(20)17(21)22-3/h4-7,9H,1,10,19H2,2-3H3. The number of nitrogen functional groups attached to an aromatic ring is 1. The van der Waals surface area contributed by atoms with Crippen LogP contribution >= 0.6 is 0 Å². The van der Waals surface area contributed by atoms with Crippen molar-refractivity contribution in [2.75, 3.05) is 19.5 Å². The second-order valence-corrected chi connectivity index (χ2v) is 4.99. The highest BCUT2D eigenvalue weighted by molar-refractivity contribution is 5.96. The number of benzene rings is 1. The molecule has 0 aliphatic heterocycles. The molecular weight excluding hydrogens is 294 g/mol. The van der Waals surface area contributed by atoms with Crippen molar-refractivity contribution in [1.82, 2.24) is 4.57 Å². The number of esters is 1. The third-order valence-electron chi connectivity index (χ3n) is 3.14. The Balaban J connectivity index is 2.61. The van der Waals surface area contributed by atoms with Gasteiger partial charge in [0.1, 0.15) is 18.4 Å². The number of rotatable bonds is 5. The molecule has 0 aliphatic rings. The van der Waals surface area contributed by atoms with Crippen molar-refractivity contribution in [3.8, 4) is 17.5 Å². The normalized spacial score (nSPS) is 9.96. The van der Waals surface area contributed by atoms with Crippen LogP contribution in [0.25, 0.3) is 5.69 Å². The number of anilines is 1. The van der Waals surface area contributed by atoms with E-state index >= 15 is 0 Å². The van der Waals surface area contributed by atoms with Crippen LogP contribution < -0.4 is 10.5 Å². The summed E-state index contributed by atoms with van der Waals surface area (Å²) in [4.78, 5) is 12.0. The maximum atomic E-state index is 12.0. The van der Waals surface area contributed by atoms with Crippen molar-refractivity contribution in [3.63, 3.8) is 0 Å². The number of carbonyl (C=O) groups excluding carboxylic acids is 1. The molecule has 0 aliphatic carbocycles. The molecule has 0 saturated heterocycles. The topological polar surface area (TPSA) is 90.3 Å². The Morgan fingerprint density at radius 1 is 1.43 bits per heavy atom. The van der Waals surface area contributed by atoms with Crippen LogP contribution in [0, 0.1) is 11.3 Å². The van der Waals surface area contributed by atoms with E-state index < -0.39 is 5.97 Å². The molecular formula is C17H17N3O3. The molecule has 0 unspecified atom stereocenters. The molecule has 118 valence electrons. The molecule has 2 N–H and O–H groups in total. The number of nitrogens with zero attached hydrogens (tertiary/aromatic N) is 2. The van der Waals surface area contributed by atoms with Crippen molar-refractivity contribution in [1.29, 1.82) is 5.26 Å². The Bertz CT molecular complexity index is 800. The van der Waals surface area contributed by atoms with Gasteiger partial charge in [-0.15, -0.1) is 0 Å². The minimum atomic E-state index is -0.626. The Morgan fingerprint density at radius 3 is 2.74 bits per heavy atom. The molecule has 0 atom stereocenters. The molecule has 6 nitrogen and oxygen atoms in total. The number of aromatic nitrogens is 1. The molecule has 6 heteroatoms. The van der Waals surface area contributed by atoms with E-state index in [4.69, 9.17) is 20.5 Å². The van der Waals surface area contributed by atoms with Gasteiger partial charge >= 0.3 is 5.97 Å². The van der Waals surface area contributed by atoms with Crippen LogP contribution in [0.15, 0.2) is 42.6 Å². The van der Waals surface area contributed by atoms with Gasteiger partial charge < -0.3 is 19.8 Å². The van der Waals surface area contributed by atoms with Gasteiger partial charge in [0.2, 0.25) is 0 Å². The zero-order valence-corrected chi connectivity index (χ0v) is 13.0. The lowest BCUT2D eigenvalue weighted by Crippen LogP contribution is -2.12. The number of nitriles is 1. The van der Waals surface area contributed by atoms with Gasteiger partial charge in [0.05, 0.1) is 24.0 Å². The van der Waals surface area contributed by atoms with E-state index in [-0.39, 0.29) is 16.9 Å². The van der Waals surface area contributed by atoms with Gasteiger partial charge in [-0.2, -0.15) is 5.26 Å². The van der Waals surface area contributed by atoms with Crippen LogP contribution in [-0.2, 0) is 4.74 Å². The minimum absolute atomic E-state index is 0.0778. The average molecular weight is 311 g/mol. The number of hydrogen-bond acceptors (Lipinski definition) is 5. The number of para-hydroxylation sites is 2. The molecule has 23 heavy (non-hydrogen) atoms. The van der Waals surface area contributed by atoms with Gasteiger partial charge in [0.15, 0.2) is 5.69 Å².